The summed E-state index contributed by atoms with van der Waals surface area (Å²) in [7, 11) is 0. The third-order valence-corrected chi connectivity index (χ3v) is 2.32. The van der Waals surface area contributed by atoms with Crippen LogP contribution in [0.2, 0.25) is 0 Å². The van der Waals surface area contributed by atoms with Crippen LogP contribution >= 0.6 is 0 Å². The van der Waals surface area contributed by atoms with Gasteiger partial charge in [0.2, 0.25) is 0 Å². The molecular weight excluding hydrogens is 146 g/mol. The average molecular weight is 165 g/mol. The summed E-state index contributed by atoms with van der Waals surface area (Å²) in [6, 6.07) is 0.521. The Kier molecular flexibility index (Phi) is 2.96. The maximum Gasteiger partial charge on any atom is 0.0467 e. The van der Waals surface area contributed by atoms with E-state index >= 15 is 0 Å². The van der Waals surface area contributed by atoms with Gasteiger partial charge in [0.1, 0.15) is 0 Å². The van der Waals surface area contributed by atoms with Crippen LogP contribution < -0.4 is 5.32 Å². The van der Waals surface area contributed by atoms with E-state index in [4.69, 9.17) is 0 Å². The van der Waals surface area contributed by atoms with Gasteiger partial charge in [-0.05, 0) is 29.7 Å². The summed E-state index contributed by atoms with van der Waals surface area (Å²) < 4.78 is 0. The molecule has 0 aromatic carbocycles. The minimum absolute atomic E-state index is 0.521. The summed E-state index contributed by atoms with van der Waals surface area (Å²) in [6.07, 6.45) is 6.58. The number of rotatable bonds is 2. The molecule has 1 unspecified atom stereocenters. The number of dihydropyridines is 1. The van der Waals surface area contributed by atoms with Crippen LogP contribution in [0.1, 0.15) is 27.7 Å². The van der Waals surface area contributed by atoms with E-state index < -0.39 is 0 Å². The molecule has 0 aliphatic carbocycles. The van der Waals surface area contributed by atoms with Crippen molar-refractivity contribution in [2.75, 3.05) is 0 Å². The van der Waals surface area contributed by atoms with Crippen molar-refractivity contribution in [3.8, 4) is 0 Å². The van der Waals surface area contributed by atoms with Crippen molar-refractivity contribution < 1.29 is 0 Å². The zero-order chi connectivity index (χ0) is 9.14. The molecule has 0 bridgehead atoms. The molecule has 0 aromatic rings. The van der Waals surface area contributed by atoms with Crippen LogP contribution in [0.3, 0.4) is 0 Å². The second kappa shape index (κ2) is 3.79. The zero-order valence-electron chi connectivity index (χ0n) is 8.46. The third kappa shape index (κ3) is 2.13. The Morgan fingerprint density at radius 1 is 1.25 bits per heavy atom. The lowest BCUT2D eigenvalue weighted by Gasteiger charge is -2.23. The molecule has 68 valence electrons. The van der Waals surface area contributed by atoms with Crippen molar-refractivity contribution in [3.05, 3.63) is 23.9 Å². The summed E-state index contributed by atoms with van der Waals surface area (Å²) in [6.45, 7) is 8.95. The van der Waals surface area contributed by atoms with Gasteiger partial charge in [-0.2, -0.15) is 0 Å². The molecule has 0 fully saturated rings. The highest BCUT2D eigenvalue weighted by molar-refractivity contribution is 5.26. The molecule has 1 aliphatic heterocycles. The van der Waals surface area contributed by atoms with Crippen molar-refractivity contribution >= 4 is 0 Å². The Hall–Kier alpha value is -0.720. The fourth-order valence-electron chi connectivity index (χ4n) is 1.34. The molecule has 0 saturated carbocycles. The molecule has 1 aliphatic rings. The largest absolute Gasteiger partial charge is 0.384 e. The second-order valence-electron chi connectivity index (χ2n) is 4.09. The molecule has 1 atom stereocenters. The lowest BCUT2D eigenvalue weighted by Crippen LogP contribution is -2.30. The monoisotopic (exact) mass is 165 g/mol. The van der Waals surface area contributed by atoms with Crippen molar-refractivity contribution in [2.24, 2.45) is 11.8 Å². The normalized spacial score (nSPS) is 22.8. The van der Waals surface area contributed by atoms with Gasteiger partial charge in [-0.25, -0.2) is 0 Å². The molecule has 0 radical (unpaired) electrons. The molecule has 1 heterocycles. The van der Waals surface area contributed by atoms with Crippen LogP contribution in [0.4, 0.5) is 0 Å². The number of hydrogen-bond acceptors (Lipinski definition) is 1. The first-order valence-corrected chi connectivity index (χ1v) is 4.75. The highest BCUT2D eigenvalue weighted by atomic mass is 14.9. The zero-order valence-corrected chi connectivity index (χ0v) is 8.46. The molecule has 0 spiro atoms. The highest BCUT2D eigenvalue weighted by Gasteiger charge is 2.13. The predicted octanol–water partition coefficient (Wildman–Crippen LogP) is 2.71. The smallest absolute Gasteiger partial charge is 0.0467 e. The molecule has 1 rings (SSSR count). The van der Waals surface area contributed by atoms with E-state index in [1.165, 1.54) is 5.57 Å². The Bertz CT molecular complexity index is 199. The van der Waals surface area contributed by atoms with E-state index in [1.807, 2.05) is 0 Å². The van der Waals surface area contributed by atoms with Crippen LogP contribution in [-0.2, 0) is 0 Å². The van der Waals surface area contributed by atoms with Gasteiger partial charge >= 0.3 is 0 Å². The quantitative estimate of drug-likeness (QED) is 0.663. The van der Waals surface area contributed by atoms with Crippen molar-refractivity contribution in [3.63, 3.8) is 0 Å². The van der Waals surface area contributed by atoms with E-state index in [0.29, 0.717) is 17.9 Å². The molecule has 0 saturated heterocycles. The molecule has 0 aromatic heterocycles. The third-order valence-electron chi connectivity index (χ3n) is 2.32. The summed E-state index contributed by atoms with van der Waals surface area (Å²) in [5, 5.41) is 3.35. The summed E-state index contributed by atoms with van der Waals surface area (Å²) in [5.41, 5.74) is 1.45. The van der Waals surface area contributed by atoms with Gasteiger partial charge < -0.3 is 5.32 Å². The fraction of sp³-hybridized carbons (Fsp3) is 0.636. The molecule has 1 nitrogen and oxygen atoms in total. The lowest BCUT2D eigenvalue weighted by molar-refractivity contribution is 0.504. The Morgan fingerprint density at radius 3 is 2.42 bits per heavy atom. The lowest BCUT2D eigenvalue weighted by atomic mass is 9.94. The van der Waals surface area contributed by atoms with Gasteiger partial charge in [-0.15, -0.1) is 0 Å². The van der Waals surface area contributed by atoms with Crippen molar-refractivity contribution in [2.45, 2.75) is 33.7 Å². The maximum atomic E-state index is 3.35. The van der Waals surface area contributed by atoms with Gasteiger partial charge in [0.25, 0.3) is 0 Å². The van der Waals surface area contributed by atoms with Crippen LogP contribution in [0.25, 0.3) is 0 Å². The van der Waals surface area contributed by atoms with E-state index in [2.05, 4.69) is 51.4 Å². The summed E-state index contributed by atoms with van der Waals surface area (Å²) in [5.74, 6) is 1.31. The molecular formula is C11H19N. The SMILES string of the molecule is CC(C)C1=CC(C(C)C)NC=C1. The first-order chi connectivity index (χ1) is 5.61. The van der Waals surface area contributed by atoms with Gasteiger partial charge in [0, 0.05) is 6.04 Å². The first-order valence-electron chi connectivity index (χ1n) is 4.75. The van der Waals surface area contributed by atoms with E-state index in [9.17, 15) is 0 Å². The number of allylic oxidation sites excluding steroid dienone is 2. The standard InChI is InChI=1S/C11H19N/c1-8(2)10-5-6-12-11(7-10)9(3)4/h5-9,11-12H,1-4H3. The first kappa shape index (κ1) is 9.37. The van der Waals surface area contributed by atoms with Gasteiger partial charge in [0.05, 0.1) is 0 Å². The second-order valence-corrected chi connectivity index (χ2v) is 4.09. The summed E-state index contributed by atoms with van der Waals surface area (Å²) in [4.78, 5) is 0. The Balaban J connectivity index is 2.69. The van der Waals surface area contributed by atoms with Crippen molar-refractivity contribution in [1.29, 1.82) is 0 Å². The Morgan fingerprint density at radius 2 is 1.92 bits per heavy atom. The van der Waals surface area contributed by atoms with Gasteiger partial charge in [-0.3, -0.25) is 0 Å². The average Bonchev–Trinajstić information content (AvgIpc) is 2.04. The minimum atomic E-state index is 0.521. The summed E-state index contributed by atoms with van der Waals surface area (Å²) >= 11 is 0. The van der Waals surface area contributed by atoms with Gasteiger partial charge in [-0.1, -0.05) is 33.8 Å². The minimum Gasteiger partial charge on any atom is -0.384 e. The van der Waals surface area contributed by atoms with Crippen LogP contribution in [-0.4, -0.2) is 6.04 Å². The number of hydrogen-bond donors (Lipinski definition) is 1. The van der Waals surface area contributed by atoms with E-state index in [0.717, 1.165) is 0 Å². The van der Waals surface area contributed by atoms with Crippen LogP contribution in [0.5, 0.6) is 0 Å². The highest BCUT2D eigenvalue weighted by Crippen LogP contribution is 2.17. The maximum absolute atomic E-state index is 3.35. The van der Waals surface area contributed by atoms with Crippen molar-refractivity contribution in [1.82, 2.24) is 5.32 Å². The molecule has 0 amide bonds. The van der Waals surface area contributed by atoms with Gasteiger partial charge in [0.15, 0.2) is 0 Å². The molecule has 1 heteroatoms. The topological polar surface area (TPSA) is 12.0 Å². The molecule has 12 heavy (non-hydrogen) atoms. The Labute approximate surface area is 75.6 Å². The van der Waals surface area contributed by atoms with Crippen LogP contribution in [0.15, 0.2) is 23.9 Å². The number of nitrogens with one attached hydrogen (secondary N) is 1. The van der Waals surface area contributed by atoms with Crippen LogP contribution in [0, 0.1) is 11.8 Å². The van der Waals surface area contributed by atoms with E-state index in [1.54, 1.807) is 0 Å². The predicted molar refractivity (Wildman–Crippen MR) is 53.8 cm³/mol. The van der Waals surface area contributed by atoms with E-state index in [-0.39, 0.29) is 0 Å². The molecule has 1 N–H and O–H groups in total. The fourth-order valence-corrected chi connectivity index (χ4v) is 1.34.